The third-order valence-corrected chi connectivity index (χ3v) is 3.32. The van der Waals surface area contributed by atoms with Crippen LogP contribution in [-0.4, -0.2) is 50.7 Å². The molecule has 2 fully saturated rings. The van der Waals surface area contributed by atoms with Gasteiger partial charge >= 0.3 is 0 Å². The molecule has 0 aromatic carbocycles. The van der Waals surface area contributed by atoms with Crippen molar-refractivity contribution >= 4 is 0 Å². The molecule has 0 saturated carbocycles. The van der Waals surface area contributed by atoms with E-state index in [1.54, 1.807) is 0 Å². The molecule has 2 heterocycles. The molecule has 2 aliphatic rings. The summed E-state index contributed by atoms with van der Waals surface area (Å²) in [5, 5.41) is 3.38. The molecule has 0 aliphatic carbocycles. The van der Waals surface area contributed by atoms with Gasteiger partial charge in [0.25, 0.3) is 0 Å². The van der Waals surface area contributed by atoms with Gasteiger partial charge in [-0.3, -0.25) is 0 Å². The molecule has 4 nitrogen and oxygen atoms in total. The molecule has 17 heavy (non-hydrogen) atoms. The van der Waals surface area contributed by atoms with Crippen molar-refractivity contribution in [2.45, 2.75) is 50.9 Å². The summed E-state index contributed by atoms with van der Waals surface area (Å²) in [7, 11) is 0. The van der Waals surface area contributed by atoms with Crippen LogP contribution < -0.4 is 5.32 Å². The molecule has 2 rings (SSSR count). The van der Waals surface area contributed by atoms with E-state index in [1.165, 1.54) is 12.8 Å². The maximum absolute atomic E-state index is 5.93. The van der Waals surface area contributed by atoms with Crippen LogP contribution in [0.5, 0.6) is 0 Å². The fourth-order valence-corrected chi connectivity index (χ4v) is 2.46. The summed E-state index contributed by atoms with van der Waals surface area (Å²) in [5.74, 6) is 0. The SMILES string of the molecule is CC1(C)CNCC(COCCC2CCCO2)O1. The van der Waals surface area contributed by atoms with Crippen LogP contribution in [0.3, 0.4) is 0 Å². The Hall–Kier alpha value is -0.160. The molecule has 0 amide bonds. The molecule has 2 saturated heterocycles. The van der Waals surface area contributed by atoms with Crippen LogP contribution in [-0.2, 0) is 14.2 Å². The van der Waals surface area contributed by atoms with Crippen molar-refractivity contribution in [2.24, 2.45) is 0 Å². The molecule has 100 valence electrons. The summed E-state index contributed by atoms with van der Waals surface area (Å²) in [5.41, 5.74) is -0.0686. The van der Waals surface area contributed by atoms with Crippen molar-refractivity contribution in [2.75, 3.05) is 32.9 Å². The van der Waals surface area contributed by atoms with Gasteiger partial charge in [0, 0.05) is 26.3 Å². The summed E-state index contributed by atoms with van der Waals surface area (Å²) in [4.78, 5) is 0. The number of rotatable bonds is 5. The van der Waals surface area contributed by atoms with E-state index in [2.05, 4.69) is 19.2 Å². The first kappa shape index (κ1) is 13.3. The van der Waals surface area contributed by atoms with Crippen LogP contribution in [0.2, 0.25) is 0 Å². The average molecular weight is 243 g/mol. The van der Waals surface area contributed by atoms with Crippen molar-refractivity contribution in [3.63, 3.8) is 0 Å². The summed E-state index contributed by atoms with van der Waals surface area (Å²) in [6.45, 7) is 8.42. The third-order valence-electron chi connectivity index (χ3n) is 3.32. The van der Waals surface area contributed by atoms with Crippen molar-refractivity contribution in [3.8, 4) is 0 Å². The molecule has 0 spiro atoms. The van der Waals surface area contributed by atoms with Crippen molar-refractivity contribution in [3.05, 3.63) is 0 Å². The van der Waals surface area contributed by atoms with E-state index in [-0.39, 0.29) is 11.7 Å². The second-order valence-corrected chi connectivity index (χ2v) is 5.63. The lowest BCUT2D eigenvalue weighted by Gasteiger charge is -2.36. The Balaban J connectivity index is 1.55. The van der Waals surface area contributed by atoms with E-state index >= 15 is 0 Å². The lowest BCUT2D eigenvalue weighted by atomic mass is 10.1. The van der Waals surface area contributed by atoms with Gasteiger partial charge in [0.1, 0.15) is 0 Å². The zero-order valence-corrected chi connectivity index (χ0v) is 11.0. The fraction of sp³-hybridized carbons (Fsp3) is 1.00. The predicted molar refractivity (Wildman–Crippen MR) is 66.2 cm³/mol. The highest BCUT2D eigenvalue weighted by atomic mass is 16.5. The minimum atomic E-state index is -0.0686. The van der Waals surface area contributed by atoms with Crippen LogP contribution in [0.1, 0.15) is 33.1 Å². The molecule has 2 unspecified atom stereocenters. The molecule has 1 N–H and O–H groups in total. The first-order valence-electron chi connectivity index (χ1n) is 6.74. The minimum Gasteiger partial charge on any atom is -0.379 e. The summed E-state index contributed by atoms with van der Waals surface area (Å²) < 4.78 is 17.2. The van der Waals surface area contributed by atoms with E-state index < -0.39 is 0 Å². The summed E-state index contributed by atoms with van der Waals surface area (Å²) >= 11 is 0. The normalized spacial score (nSPS) is 32.8. The number of hydrogen-bond acceptors (Lipinski definition) is 4. The van der Waals surface area contributed by atoms with E-state index in [0.717, 1.165) is 32.7 Å². The van der Waals surface area contributed by atoms with Gasteiger partial charge in [-0.25, -0.2) is 0 Å². The third kappa shape index (κ3) is 4.54. The summed E-state index contributed by atoms with van der Waals surface area (Å²) in [6.07, 6.45) is 4.02. The average Bonchev–Trinajstić information content (AvgIpc) is 2.76. The van der Waals surface area contributed by atoms with Crippen LogP contribution in [0.4, 0.5) is 0 Å². The van der Waals surface area contributed by atoms with Gasteiger partial charge in [-0.1, -0.05) is 0 Å². The van der Waals surface area contributed by atoms with Gasteiger partial charge in [0.2, 0.25) is 0 Å². The lowest BCUT2D eigenvalue weighted by Crippen LogP contribution is -2.51. The molecular weight excluding hydrogens is 218 g/mol. The highest BCUT2D eigenvalue weighted by Crippen LogP contribution is 2.17. The first-order valence-corrected chi connectivity index (χ1v) is 6.74. The van der Waals surface area contributed by atoms with E-state index in [0.29, 0.717) is 12.7 Å². The molecule has 2 aliphatic heterocycles. The Labute approximate surface area is 104 Å². The molecule has 0 bridgehead atoms. The van der Waals surface area contributed by atoms with Gasteiger partial charge in [-0.2, -0.15) is 0 Å². The number of morpholine rings is 1. The highest BCUT2D eigenvalue weighted by Gasteiger charge is 2.28. The predicted octanol–water partition coefficient (Wildman–Crippen LogP) is 1.34. The maximum atomic E-state index is 5.93. The number of hydrogen-bond donors (Lipinski definition) is 1. The Morgan fingerprint density at radius 3 is 2.94 bits per heavy atom. The smallest absolute Gasteiger partial charge is 0.0940 e. The van der Waals surface area contributed by atoms with E-state index in [4.69, 9.17) is 14.2 Å². The molecular formula is C13H25NO3. The first-order chi connectivity index (χ1) is 8.16. The van der Waals surface area contributed by atoms with Crippen molar-refractivity contribution in [1.82, 2.24) is 5.32 Å². The Morgan fingerprint density at radius 1 is 1.35 bits per heavy atom. The summed E-state index contributed by atoms with van der Waals surface area (Å²) in [6, 6.07) is 0. The van der Waals surface area contributed by atoms with Gasteiger partial charge in [0.15, 0.2) is 0 Å². The lowest BCUT2D eigenvalue weighted by molar-refractivity contribution is -0.121. The quantitative estimate of drug-likeness (QED) is 0.740. The molecule has 4 heteroatoms. The zero-order chi connectivity index (χ0) is 12.1. The van der Waals surface area contributed by atoms with Crippen molar-refractivity contribution in [1.29, 1.82) is 0 Å². The topological polar surface area (TPSA) is 39.7 Å². The molecule has 0 aromatic rings. The number of nitrogens with one attached hydrogen (secondary N) is 1. The Morgan fingerprint density at radius 2 is 2.24 bits per heavy atom. The fourth-order valence-electron chi connectivity index (χ4n) is 2.46. The van der Waals surface area contributed by atoms with Crippen LogP contribution in [0, 0.1) is 0 Å². The van der Waals surface area contributed by atoms with Gasteiger partial charge < -0.3 is 19.5 Å². The Bertz CT molecular complexity index is 227. The second kappa shape index (κ2) is 6.14. The molecule has 2 atom stereocenters. The molecule has 0 radical (unpaired) electrons. The van der Waals surface area contributed by atoms with Gasteiger partial charge in [-0.05, 0) is 33.1 Å². The number of ether oxygens (including phenoxy) is 3. The molecule has 0 aromatic heterocycles. The van der Waals surface area contributed by atoms with Crippen LogP contribution in [0.15, 0.2) is 0 Å². The largest absolute Gasteiger partial charge is 0.379 e. The van der Waals surface area contributed by atoms with Crippen molar-refractivity contribution < 1.29 is 14.2 Å². The van der Waals surface area contributed by atoms with Gasteiger partial charge in [0.05, 0.1) is 24.4 Å². The Kier molecular flexibility index (Phi) is 4.79. The zero-order valence-electron chi connectivity index (χ0n) is 11.0. The van der Waals surface area contributed by atoms with Crippen LogP contribution in [0.25, 0.3) is 0 Å². The monoisotopic (exact) mass is 243 g/mol. The minimum absolute atomic E-state index is 0.0686. The van der Waals surface area contributed by atoms with Gasteiger partial charge in [-0.15, -0.1) is 0 Å². The standard InChI is InChI=1S/C13H25NO3/c1-13(2)10-14-8-12(17-13)9-15-7-5-11-4-3-6-16-11/h11-12,14H,3-10H2,1-2H3. The van der Waals surface area contributed by atoms with E-state index in [9.17, 15) is 0 Å². The maximum Gasteiger partial charge on any atom is 0.0940 e. The second-order valence-electron chi connectivity index (χ2n) is 5.63. The van der Waals surface area contributed by atoms with Crippen LogP contribution >= 0.6 is 0 Å². The highest BCUT2D eigenvalue weighted by molar-refractivity contribution is 4.81. The van der Waals surface area contributed by atoms with E-state index in [1.807, 2.05) is 0 Å².